The minimum atomic E-state index is 0.241. The fourth-order valence-corrected chi connectivity index (χ4v) is 2.98. The molecule has 2 nitrogen and oxygen atoms in total. The summed E-state index contributed by atoms with van der Waals surface area (Å²) in [4.78, 5) is 2.54. The average molecular weight is 246 g/mol. The van der Waals surface area contributed by atoms with Crippen molar-refractivity contribution in [2.75, 3.05) is 18.0 Å². The fourth-order valence-electron chi connectivity index (χ4n) is 2.98. The molecule has 1 aromatic rings. The lowest BCUT2D eigenvalue weighted by Gasteiger charge is -2.34. The van der Waals surface area contributed by atoms with Gasteiger partial charge in [-0.25, -0.2) is 0 Å². The molecule has 2 N–H and O–H groups in total. The summed E-state index contributed by atoms with van der Waals surface area (Å²) in [5.41, 5.74) is 10.0. The molecule has 1 saturated heterocycles. The van der Waals surface area contributed by atoms with Crippen LogP contribution in [0.5, 0.6) is 0 Å². The Balaban J connectivity index is 2.13. The number of piperidine rings is 1. The fraction of sp³-hybridized carbons (Fsp3) is 0.625. The molecule has 1 fully saturated rings. The van der Waals surface area contributed by atoms with Gasteiger partial charge in [0, 0.05) is 24.8 Å². The third-order valence-electron chi connectivity index (χ3n) is 3.82. The van der Waals surface area contributed by atoms with E-state index in [0.29, 0.717) is 0 Å². The topological polar surface area (TPSA) is 29.3 Å². The first kappa shape index (κ1) is 13.4. The predicted molar refractivity (Wildman–Crippen MR) is 79.1 cm³/mol. The van der Waals surface area contributed by atoms with Gasteiger partial charge in [0.1, 0.15) is 0 Å². The highest BCUT2D eigenvalue weighted by atomic mass is 15.1. The van der Waals surface area contributed by atoms with Gasteiger partial charge in [0.2, 0.25) is 0 Å². The van der Waals surface area contributed by atoms with Crippen molar-refractivity contribution in [3.8, 4) is 0 Å². The van der Waals surface area contributed by atoms with E-state index >= 15 is 0 Å². The summed E-state index contributed by atoms with van der Waals surface area (Å²) in [5.74, 6) is 0.821. The molecular formula is C16H26N2. The normalized spacial score (nSPS) is 22.0. The van der Waals surface area contributed by atoms with E-state index in [1.807, 2.05) is 0 Å². The second kappa shape index (κ2) is 5.75. The van der Waals surface area contributed by atoms with E-state index in [4.69, 9.17) is 5.73 Å². The van der Waals surface area contributed by atoms with Gasteiger partial charge < -0.3 is 10.6 Å². The zero-order chi connectivity index (χ0) is 13.1. The third-order valence-corrected chi connectivity index (χ3v) is 3.82. The highest BCUT2D eigenvalue weighted by molar-refractivity contribution is 5.54. The van der Waals surface area contributed by atoms with Gasteiger partial charge in [0.25, 0.3) is 0 Å². The highest BCUT2D eigenvalue weighted by Crippen LogP contribution is 2.26. The molecule has 2 atom stereocenters. The van der Waals surface area contributed by atoms with Crippen LogP contribution in [0.25, 0.3) is 0 Å². The van der Waals surface area contributed by atoms with Crippen molar-refractivity contribution >= 4 is 5.69 Å². The molecule has 1 aliphatic rings. The van der Waals surface area contributed by atoms with Crippen LogP contribution in [-0.2, 0) is 6.42 Å². The lowest BCUT2D eigenvalue weighted by Crippen LogP contribution is -2.34. The second-order valence-corrected chi connectivity index (χ2v) is 6.00. The smallest absolute Gasteiger partial charge is 0.0396 e. The van der Waals surface area contributed by atoms with E-state index in [2.05, 4.69) is 43.9 Å². The lowest BCUT2D eigenvalue weighted by atomic mass is 9.98. The molecule has 0 bridgehead atoms. The van der Waals surface area contributed by atoms with Crippen LogP contribution in [0.3, 0.4) is 0 Å². The summed E-state index contributed by atoms with van der Waals surface area (Å²) < 4.78 is 0. The van der Waals surface area contributed by atoms with E-state index in [-0.39, 0.29) is 6.04 Å². The average Bonchev–Trinajstić information content (AvgIpc) is 2.28. The zero-order valence-corrected chi connectivity index (χ0v) is 11.9. The third kappa shape index (κ3) is 3.26. The lowest BCUT2D eigenvalue weighted by molar-refractivity contribution is 0.446. The molecule has 0 spiro atoms. The molecule has 0 aromatic heterocycles. The number of anilines is 1. The summed E-state index contributed by atoms with van der Waals surface area (Å²) in [7, 11) is 0. The van der Waals surface area contributed by atoms with E-state index < -0.39 is 0 Å². The van der Waals surface area contributed by atoms with Gasteiger partial charge in [0.05, 0.1) is 0 Å². The van der Waals surface area contributed by atoms with E-state index in [9.17, 15) is 0 Å². The first-order chi connectivity index (χ1) is 8.56. The second-order valence-electron chi connectivity index (χ2n) is 6.00. The van der Waals surface area contributed by atoms with Crippen molar-refractivity contribution in [2.24, 2.45) is 11.7 Å². The number of rotatable bonds is 3. The van der Waals surface area contributed by atoms with Gasteiger partial charge in [0.15, 0.2) is 0 Å². The summed E-state index contributed by atoms with van der Waals surface area (Å²) in [6.07, 6.45) is 3.66. The summed E-state index contributed by atoms with van der Waals surface area (Å²) in [6, 6.07) is 7.07. The molecule has 100 valence electrons. The van der Waals surface area contributed by atoms with Crippen LogP contribution >= 0.6 is 0 Å². The summed E-state index contributed by atoms with van der Waals surface area (Å²) in [5, 5.41) is 0. The van der Waals surface area contributed by atoms with Gasteiger partial charge in [-0.2, -0.15) is 0 Å². The molecule has 2 unspecified atom stereocenters. The van der Waals surface area contributed by atoms with Gasteiger partial charge in [-0.15, -0.1) is 0 Å². The molecule has 0 amide bonds. The maximum atomic E-state index is 5.86. The number of benzene rings is 1. The minimum Gasteiger partial charge on any atom is -0.371 e. The number of hydrogen-bond acceptors (Lipinski definition) is 2. The Labute approximate surface area is 111 Å². The molecule has 0 radical (unpaired) electrons. The van der Waals surface area contributed by atoms with E-state index in [0.717, 1.165) is 12.3 Å². The molecule has 1 aliphatic heterocycles. The Morgan fingerprint density at radius 2 is 2.22 bits per heavy atom. The standard InChI is InChI=1S/C16H26N2/c1-12-5-4-8-18(11-12)16-7-6-15(9-13(16)2)10-14(3)17/h6-7,9,12,14H,4-5,8,10-11,17H2,1-3H3. The molecule has 18 heavy (non-hydrogen) atoms. The van der Waals surface area contributed by atoms with E-state index in [1.165, 1.54) is 42.7 Å². The Bertz CT molecular complexity index is 398. The van der Waals surface area contributed by atoms with Crippen LogP contribution in [0.15, 0.2) is 18.2 Å². The van der Waals surface area contributed by atoms with Crippen molar-refractivity contribution in [1.82, 2.24) is 0 Å². The number of hydrogen-bond donors (Lipinski definition) is 1. The molecule has 2 heteroatoms. The largest absolute Gasteiger partial charge is 0.371 e. The monoisotopic (exact) mass is 246 g/mol. The number of nitrogens with zero attached hydrogens (tertiary/aromatic N) is 1. The van der Waals surface area contributed by atoms with Crippen LogP contribution in [0.1, 0.15) is 37.8 Å². The van der Waals surface area contributed by atoms with Crippen LogP contribution in [0, 0.1) is 12.8 Å². The number of nitrogens with two attached hydrogens (primary N) is 1. The first-order valence-corrected chi connectivity index (χ1v) is 7.16. The van der Waals surface area contributed by atoms with Crippen molar-refractivity contribution in [3.05, 3.63) is 29.3 Å². The number of aryl methyl sites for hydroxylation is 1. The van der Waals surface area contributed by atoms with Gasteiger partial charge >= 0.3 is 0 Å². The highest BCUT2D eigenvalue weighted by Gasteiger charge is 2.17. The zero-order valence-electron chi connectivity index (χ0n) is 11.9. The van der Waals surface area contributed by atoms with Crippen LogP contribution < -0.4 is 10.6 Å². The van der Waals surface area contributed by atoms with Crippen molar-refractivity contribution < 1.29 is 0 Å². The van der Waals surface area contributed by atoms with Crippen molar-refractivity contribution in [1.29, 1.82) is 0 Å². The quantitative estimate of drug-likeness (QED) is 0.888. The Hall–Kier alpha value is -1.02. The van der Waals surface area contributed by atoms with Crippen LogP contribution in [0.4, 0.5) is 5.69 Å². The maximum Gasteiger partial charge on any atom is 0.0396 e. The SMILES string of the molecule is Cc1cc(CC(C)N)ccc1N1CCCC(C)C1. The summed E-state index contributed by atoms with van der Waals surface area (Å²) in [6.45, 7) is 9.05. The molecule has 2 rings (SSSR count). The van der Waals surface area contributed by atoms with Crippen molar-refractivity contribution in [3.63, 3.8) is 0 Å². The van der Waals surface area contributed by atoms with Crippen LogP contribution in [0.2, 0.25) is 0 Å². The Morgan fingerprint density at radius 1 is 1.44 bits per heavy atom. The van der Waals surface area contributed by atoms with Crippen molar-refractivity contribution in [2.45, 2.75) is 46.1 Å². The van der Waals surface area contributed by atoms with Crippen LogP contribution in [-0.4, -0.2) is 19.1 Å². The summed E-state index contributed by atoms with van der Waals surface area (Å²) >= 11 is 0. The minimum absolute atomic E-state index is 0.241. The maximum absolute atomic E-state index is 5.86. The van der Waals surface area contributed by atoms with Gasteiger partial charge in [-0.05, 0) is 56.2 Å². The van der Waals surface area contributed by atoms with Gasteiger partial charge in [-0.1, -0.05) is 19.1 Å². The predicted octanol–water partition coefficient (Wildman–Crippen LogP) is 3.12. The van der Waals surface area contributed by atoms with Gasteiger partial charge in [-0.3, -0.25) is 0 Å². The molecule has 0 saturated carbocycles. The first-order valence-electron chi connectivity index (χ1n) is 7.16. The molecule has 1 aromatic carbocycles. The van der Waals surface area contributed by atoms with E-state index in [1.54, 1.807) is 0 Å². The Kier molecular flexibility index (Phi) is 4.28. The molecule has 1 heterocycles. The molecular weight excluding hydrogens is 220 g/mol. The molecule has 0 aliphatic carbocycles. The Morgan fingerprint density at radius 3 is 2.83 bits per heavy atom.